The van der Waals surface area contributed by atoms with Gasteiger partial charge in [-0.25, -0.2) is 4.79 Å². The first kappa shape index (κ1) is 21.6. The number of benzene rings is 1. The maximum absolute atomic E-state index is 12.9. The van der Waals surface area contributed by atoms with E-state index in [2.05, 4.69) is 10.6 Å². The standard InChI is InChI=1S/C22H19N3O9/c1-25(24-30)22(29)23-19-11-6-15-14(33-8-34-15)5-10(11)17(18-12(19)7-32-21(18)28)9-3-13(26)20(27)16(4-9)31-2/h3-6,12,17-19H,7-8H2,1-2H3,(H,23,29)/t12-,17+,18-,19+/m0/s1. The van der Waals surface area contributed by atoms with Crippen LogP contribution in [0.5, 0.6) is 11.5 Å². The number of carbonyl (C=O) groups is 4. The molecule has 1 aromatic rings. The Labute approximate surface area is 192 Å². The van der Waals surface area contributed by atoms with E-state index in [1.807, 2.05) is 0 Å². The van der Waals surface area contributed by atoms with Crippen LogP contribution in [0.25, 0.3) is 0 Å². The summed E-state index contributed by atoms with van der Waals surface area (Å²) in [5, 5.41) is 5.97. The first-order valence-electron chi connectivity index (χ1n) is 10.4. The van der Waals surface area contributed by atoms with Crippen molar-refractivity contribution in [3.05, 3.63) is 51.7 Å². The molecule has 4 aliphatic rings. The number of allylic oxidation sites excluding steroid dienone is 4. The maximum atomic E-state index is 12.9. The number of urea groups is 1. The summed E-state index contributed by atoms with van der Waals surface area (Å²) in [6.45, 7) is -0.00586. The molecule has 1 saturated heterocycles. The van der Waals surface area contributed by atoms with Crippen LogP contribution >= 0.6 is 0 Å². The number of fused-ring (bicyclic) bond motifs is 3. The molecule has 0 saturated carbocycles. The molecular weight excluding hydrogens is 450 g/mol. The number of amides is 2. The molecule has 34 heavy (non-hydrogen) atoms. The van der Waals surface area contributed by atoms with Gasteiger partial charge in [-0.2, -0.15) is 5.01 Å². The minimum Gasteiger partial charge on any atom is -0.492 e. The number of rotatable bonds is 4. The van der Waals surface area contributed by atoms with Gasteiger partial charge in [0.15, 0.2) is 17.3 Å². The fourth-order valence-electron chi connectivity index (χ4n) is 4.94. The van der Waals surface area contributed by atoms with Crippen molar-refractivity contribution < 1.29 is 38.1 Å². The highest BCUT2D eigenvalue weighted by Crippen LogP contribution is 2.54. The summed E-state index contributed by atoms with van der Waals surface area (Å²) in [6.07, 6.45) is 2.63. The van der Waals surface area contributed by atoms with Gasteiger partial charge < -0.3 is 24.3 Å². The van der Waals surface area contributed by atoms with Crippen LogP contribution in [-0.2, 0) is 23.9 Å². The zero-order chi connectivity index (χ0) is 24.1. The van der Waals surface area contributed by atoms with Crippen LogP contribution in [0.15, 0.2) is 40.9 Å². The molecule has 176 valence electrons. The van der Waals surface area contributed by atoms with E-state index in [4.69, 9.17) is 18.9 Å². The van der Waals surface area contributed by atoms with Crippen LogP contribution in [-0.4, -0.2) is 56.1 Å². The SMILES string of the molecule is COC1=CC([C@@H]2c3cc4c(cc3[C@@H](NC(=O)N(C)N=O)[C@H]3COC(=O)[C@@H]32)OCO4)=CC(=O)C1=O. The summed E-state index contributed by atoms with van der Waals surface area (Å²) in [4.78, 5) is 60.8. The molecule has 0 unspecified atom stereocenters. The zero-order valence-electron chi connectivity index (χ0n) is 18.1. The molecule has 0 aromatic heterocycles. The smallest absolute Gasteiger partial charge is 0.340 e. The van der Waals surface area contributed by atoms with Crippen molar-refractivity contribution >= 4 is 23.6 Å². The number of methoxy groups -OCH3 is 1. The molecule has 12 heteroatoms. The number of esters is 1. The molecule has 12 nitrogen and oxygen atoms in total. The van der Waals surface area contributed by atoms with E-state index < -0.39 is 47.4 Å². The topological polar surface area (TPSA) is 150 Å². The van der Waals surface area contributed by atoms with Crippen molar-refractivity contribution in [2.24, 2.45) is 17.1 Å². The minimum absolute atomic E-state index is 0.00192. The second kappa shape index (κ2) is 7.97. The monoisotopic (exact) mass is 469 g/mol. The third-order valence-electron chi connectivity index (χ3n) is 6.50. The molecule has 0 bridgehead atoms. The maximum Gasteiger partial charge on any atom is 0.340 e. The normalized spacial score (nSPS) is 26.6. The van der Waals surface area contributed by atoms with Gasteiger partial charge in [-0.15, -0.1) is 4.91 Å². The van der Waals surface area contributed by atoms with Gasteiger partial charge in [0.1, 0.15) is 0 Å². The van der Waals surface area contributed by atoms with Gasteiger partial charge in [-0.3, -0.25) is 14.4 Å². The Kier molecular flexibility index (Phi) is 5.07. The van der Waals surface area contributed by atoms with E-state index in [0.29, 0.717) is 33.2 Å². The van der Waals surface area contributed by atoms with E-state index in [1.165, 1.54) is 26.3 Å². The third-order valence-corrected chi connectivity index (χ3v) is 6.50. The van der Waals surface area contributed by atoms with Gasteiger partial charge in [0, 0.05) is 18.9 Å². The fraction of sp³-hybridized carbons (Fsp3) is 0.364. The third kappa shape index (κ3) is 3.21. The summed E-state index contributed by atoms with van der Waals surface area (Å²) in [6, 6.07) is 1.88. The molecule has 0 spiro atoms. The van der Waals surface area contributed by atoms with Crippen molar-refractivity contribution in [3.8, 4) is 11.5 Å². The Hall–Kier alpha value is -4.22. The van der Waals surface area contributed by atoms with Crippen LogP contribution in [0.2, 0.25) is 0 Å². The highest BCUT2D eigenvalue weighted by molar-refractivity contribution is 6.47. The second-order valence-electron chi connectivity index (χ2n) is 8.21. The van der Waals surface area contributed by atoms with E-state index in [-0.39, 0.29) is 19.2 Å². The average Bonchev–Trinajstić information content (AvgIpc) is 3.45. The summed E-state index contributed by atoms with van der Waals surface area (Å²) in [7, 11) is 2.48. The molecule has 1 aromatic carbocycles. The lowest BCUT2D eigenvalue weighted by atomic mass is 9.64. The Morgan fingerprint density at radius 1 is 1.12 bits per heavy atom. The Morgan fingerprint density at radius 2 is 1.82 bits per heavy atom. The van der Waals surface area contributed by atoms with E-state index in [0.717, 1.165) is 0 Å². The van der Waals surface area contributed by atoms with Gasteiger partial charge in [0.25, 0.3) is 5.78 Å². The molecule has 2 heterocycles. The molecule has 2 aliphatic carbocycles. The lowest BCUT2D eigenvalue weighted by molar-refractivity contribution is -0.141. The predicted octanol–water partition coefficient (Wildman–Crippen LogP) is 1.27. The number of ether oxygens (including phenoxy) is 4. The second-order valence-corrected chi connectivity index (χ2v) is 8.21. The zero-order valence-corrected chi connectivity index (χ0v) is 18.1. The molecule has 1 fully saturated rings. The number of nitrogens with one attached hydrogen (secondary N) is 1. The molecule has 2 aliphatic heterocycles. The van der Waals surface area contributed by atoms with Crippen molar-refractivity contribution in [1.29, 1.82) is 0 Å². The van der Waals surface area contributed by atoms with Crippen molar-refractivity contribution in [1.82, 2.24) is 10.3 Å². The summed E-state index contributed by atoms with van der Waals surface area (Å²) in [5.74, 6) is -3.36. The van der Waals surface area contributed by atoms with Gasteiger partial charge in [0.05, 0.1) is 31.0 Å². The molecule has 2 amide bonds. The molecule has 0 radical (unpaired) electrons. The number of ketones is 2. The van der Waals surface area contributed by atoms with Gasteiger partial charge in [-0.05, 0) is 41.0 Å². The molecule has 1 N–H and O–H groups in total. The number of nitroso groups, excluding NO2 is 1. The highest BCUT2D eigenvalue weighted by Gasteiger charge is 2.53. The van der Waals surface area contributed by atoms with Crippen molar-refractivity contribution in [2.75, 3.05) is 27.6 Å². The number of hydrogen-bond acceptors (Lipinski definition) is 10. The number of Topliss-reactive ketones (excluding diaryl/α,β-unsaturated/α-hetero) is 1. The Morgan fingerprint density at radius 3 is 2.50 bits per heavy atom. The van der Waals surface area contributed by atoms with Crippen LogP contribution in [0.3, 0.4) is 0 Å². The quantitative estimate of drug-likeness (QED) is 0.226. The fourth-order valence-corrected chi connectivity index (χ4v) is 4.94. The van der Waals surface area contributed by atoms with Crippen LogP contribution < -0.4 is 14.8 Å². The van der Waals surface area contributed by atoms with E-state index >= 15 is 0 Å². The Bertz CT molecular complexity index is 1200. The number of cyclic esters (lactones) is 1. The van der Waals surface area contributed by atoms with Gasteiger partial charge in [0.2, 0.25) is 12.6 Å². The predicted molar refractivity (Wildman–Crippen MR) is 111 cm³/mol. The number of carbonyl (C=O) groups excluding carboxylic acids is 4. The minimum atomic E-state index is -0.797. The summed E-state index contributed by atoms with van der Waals surface area (Å²) >= 11 is 0. The summed E-state index contributed by atoms with van der Waals surface area (Å²) in [5.41, 5.74) is 1.57. The van der Waals surface area contributed by atoms with Crippen LogP contribution in [0, 0.1) is 16.7 Å². The van der Waals surface area contributed by atoms with Crippen molar-refractivity contribution in [2.45, 2.75) is 12.0 Å². The molecular formula is C22H19N3O9. The first-order chi connectivity index (χ1) is 16.3. The lowest BCUT2D eigenvalue weighted by Gasteiger charge is -2.40. The van der Waals surface area contributed by atoms with Crippen molar-refractivity contribution in [3.63, 3.8) is 0 Å². The van der Waals surface area contributed by atoms with E-state index in [9.17, 15) is 24.1 Å². The Balaban J connectivity index is 1.69. The first-order valence-corrected chi connectivity index (χ1v) is 10.4. The molecule has 5 rings (SSSR count). The summed E-state index contributed by atoms with van der Waals surface area (Å²) < 4.78 is 21.5. The number of hydrogen-bond donors (Lipinski definition) is 1. The van der Waals surface area contributed by atoms with Crippen LogP contribution in [0.4, 0.5) is 4.79 Å². The average molecular weight is 469 g/mol. The number of nitrogens with zero attached hydrogens (tertiary/aromatic N) is 2. The van der Waals surface area contributed by atoms with Gasteiger partial charge in [-0.1, -0.05) is 0 Å². The van der Waals surface area contributed by atoms with Gasteiger partial charge >= 0.3 is 12.0 Å². The largest absolute Gasteiger partial charge is 0.492 e. The lowest BCUT2D eigenvalue weighted by Crippen LogP contribution is -2.45. The highest BCUT2D eigenvalue weighted by atomic mass is 16.7. The van der Waals surface area contributed by atoms with Crippen LogP contribution in [0.1, 0.15) is 23.1 Å². The molecule has 4 atom stereocenters. The van der Waals surface area contributed by atoms with E-state index in [1.54, 1.807) is 12.1 Å².